The Morgan fingerprint density at radius 3 is 1.91 bits per heavy atom. The van der Waals surface area contributed by atoms with E-state index in [2.05, 4.69) is 158 Å². The predicted octanol–water partition coefficient (Wildman–Crippen LogP) is 11.4. The van der Waals surface area contributed by atoms with Crippen molar-refractivity contribution in [2.45, 2.75) is 19.3 Å². The number of para-hydroxylation sites is 1. The van der Waals surface area contributed by atoms with E-state index in [0.717, 1.165) is 22.0 Å². The van der Waals surface area contributed by atoms with Crippen LogP contribution in [0.25, 0.3) is 54.3 Å². The summed E-state index contributed by atoms with van der Waals surface area (Å²) < 4.78 is 4.97. The van der Waals surface area contributed by atoms with E-state index in [1.54, 1.807) is 0 Å². The van der Waals surface area contributed by atoms with Crippen molar-refractivity contribution in [2.75, 3.05) is 4.90 Å². The summed E-state index contributed by atoms with van der Waals surface area (Å²) >= 11 is 1.47. The van der Waals surface area contributed by atoms with Gasteiger partial charge < -0.3 is 4.90 Å². The first-order chi connectivity index (χ1) is 22.1. The third-order valence-electron chi connectivity index (χ3n) is 9.41. The standard InChI is InChI=1S/C41H29N3S/c1-41(2)33-19-9-10-20-36(33)44(35-21-11-15-26-12-3-6-16-30(26)35)37-25-29(22-23-34(37)41)40-42-39(43-45-40)38-31-17-7-4-13-27(31)24-28-14-5-8-18-32(28)38/h3-25H,1-2H3. The van der Waals surface area contributed by atoms with Crippen molar-refractivity contribution in [3.05, 3.63) is 151 Å². The van der Waals surface area contributed by atoms with Crippen LogP contribution in [-0.4, -0.2) is 9.36 Å². The highest BCUT2D eigenvalue weighted by Gasteiger charge is 2.37. The lowest BCUT2D eigenvalue weighted by atomic mass is 9.73. The summed E-state index contributed by atoms with van der Waals surface area (Å²) in [6.07, 6.45) is 0. The van der Waals surface area contributed by atoms with E-state index in [9.17, 15) is 0 Å². The highest BCUT2D eigenvalue weighted by Crippen LogP contribution is 2.53. The molecule has 0 amide bonds. The second-order valence-corrected chi connectivity index (χ2v) is 13.1. The molecule has 9 rings (SSSR count). The van der Waals surface area contributed by atoms with Crippen LogP contribution in [0.5, 0.6) is 0 Å². The molecule has 0 fully saturated rings. The topological polar surface area (TPSA) is 29.0 Å². The van der Waals surface area contributed by atoms with Gasteiger partial charge in [-0.15, -0.1) is 0 Å². The van der Waals surface area contributed by atoms with Crippen LogP contribution in [0, 0.1) is 0 Å². The lowest BCUT2D eigenvalue weighted by molar-refractivity contribution is 0.632. The average molecular weight is 596 g/mol. The fourth-order valence-electron chi connectivity index (χ4n) is 7.21. The molecule has 0 spiro atoms. The normalized spacial score (nSPS) is 13.7. The number of nitrogens with zero attached hydrogens (tertiary/aromatic N) is 3. The van der Waals surface area contributed by atoms with Crippen LogP contribution in [0.2, 0.25) is 0 Å². The van der Waals surface area contributed by atoms with Gasteiger partial charge >= 0.3 is 0 Å². The van der Waals surface area contributed by atoms with E-state index >= 15 is 0 Å². The maximum atomic E-state index is 5.22. The molecule has 1 aliphatic heterocycles. The molecule has 0 saturated carbocycles. The zero-order valence-electron chi connectivity index (χ0n) is 25.0. The highest BCUT2D eigenvalue weighted by molar-refractivity contribution is 7.09. The third-order valence-corrected chi connectivity index (χ3v) is 10.2. The molecule has 0 bridgehead atoms. The van der Waals surface area contributed by atoms with Crippen molar-refractivity contribution in [3.63, 3.8) is 0 Å². The minimum Gasteiger partial charge on any atom is -0.309 e. The molecule has 0 unspecified atom stereocenters. The number of benzene rings is 7. The molecule has 1 aliphatic rings. The zero-order valence-corrected chi connectivity index (χ0v) is 25.8. The van der Waals surface area contributed by atoms with Crippen molar-refractivity contribution in [2.24, 2.45) is 0 Å². The average Bonchev–Trinajstić information content (AvgIpc) is 3.57. The molecule has 8 aromatic rings. The van der Waals surface area contributed by atoms with E-state index in [1.165, 1.54) is 72.0 Å². The van der Waals surface area contributed by atoms with Crippen LogP contribution < -0.4 is 4.90 Å². The quantitative estimate of drug-likeness (QED) is 0.190. The number of anilines is 3. The third kappa shape index (κ3) is 3.96. The number of fused-ring (bicyclic) bond motifs is 5. The van der Waals surface area contributed by atoms with E-state index < -0.39 is 0 Å². The molecule has 2 heterocycles. The monoisotopic (exact) mass is 595 g/mol. The number of aromatic nitrogens is 2. The Morgan fingerprint density at radius 1 is 0.533 bits per heavy atom. The van der Waals surface area contributed by atoms with Gasteiger partial charge in [0.15, 0.2) is 5.82 Å². The second kappa shape index (κ2) is 9.85. The summed E-state index contributed by atoms with van der Waals surface area (Å²) in [5, 5.41) is 8.11. The number of hydrogen-bond donors (Lipinski definition) is 0. The maximum Gasteiger partial charge on any atom is 0.174 e. The van der Waals surface area contributed by atoms with Crippen LogP contribution in [0.15, 0.2) is 140 Å². The van der Waals surface area contributed by atoms with Gasteiger partial charge in [-0.05, 0) is 73.9 Å². The first-order valence-electron chi connectivity index (χ1n) is 15.3. The van der Waals surface area contributed by atoms with Crippen LogP contribution in [-0.2, 0) is 5.41 Å². The number of hydrogen-bond acceptors (Lipinski definition) is 4. The predicted molar refractivity (Wildman–Crippen MR) is 190 cm³/mol. The Hall–Kier alpha value is -5.32. The minimum absolute atomic E-state index is 0.167. The lowest BCUT2D eigenvalue weighted by Crippen LogP contribution is -2.30. The summed E-state index contributed by atoms with van der Waals surface area (Å²) in [7, 11) is 0. The van der Waals surface area contributed by atoms with Crippen molar-refractivity contribution in [1.82, 2.24) is 9.36 Å². The molecule has 0 aliphatic carbocycles. The van der Waals surface area contributed by atoms with E-state index in [4.69, 9.17) is 9.36 Å². The van der Waals surface area contributed by atoms with E-state index in [1.807, 2.05) is 0 Å². The second-order valence-electron chi connectivity index (χ2n) is 12.3. The summed E-state index contributed by atoms with van der Waals surface area (Å²) in [4.78, 5) is 7.66. The van der Waals surface area contributed by atoms with Crippen molar-refractivity contribution < 1.29 is 0 Å². The van der Waals surface area contributed by atoms with E-state index in [-0.39, 0.29) is 5.41 Å². The molecular weight excluding hydrogens is 567 g/mol. The van der Waals surface area contributed by atoms with Gasteiger partial charge in [0.25, 0.3) is 0 Å². The van der Waals surface area contributed by atoms with Gasteiger partial charge in [0, 0.05) is 21.9 Å². The summed E-state index contributed by atoms with van der Waals surface area (Å²) in [6, 6.07) is 50.2. The van der Waals surface area contributed by atoms with Gasteiger partial charge in [0.1, 0.15) is 5.01 Å². The Morgan fingerprint density at radius 2 is 1.13 bits per heavy atom. The van der Waals surface area contributed by atoms with Crippen LogP contribution in [0.4, 0.5) is 17.1 Å². The first-order valence-corrected chi connectivity index (χ1v) is 16.1. The summed E-state index contributed by atoms with van der Waals surface area (Å²) in [5.74, 6) is 0.775. The summed E-state index contributed by atoms with van der Waals surface area (Å²) in [6.45, 7) is 4.67. The van der Waals surface area contributed by atoms with Crippen LogP contribution in [0.3, 0.4) is 0 Å². The van der Waals surface area contributed by atoms with Crippen LogP contribution in [0.1, 0.15) is 25.0 Å². The largest absolute Gasteiger partial charge is 0.309 e. The maximum absolute atomic E-state index is 5.22. The minimum atomic E-state index is -0.167. The fraction of sp³-hybridized carbons (Fsp3) is 0.0732. The van der Waals surface area contributed by atoms with Crippen LogP contribution >= 0.6 is 11.5 Å². The molecule has 7 aromatic carbocycles. The fourth-order valence-corrected chi connectivity index (χ4v) is 7.87. The molecule has 0 atom stereocenters. The van der Waals surface area contributed by atoms with E-state index in [0.29, 0.717) is 0 Å². The SMILES string of the molecule is CC1(C)c2ccccc2N(c2cccc3ccccc23)c2cc(-c3nc(-c4c5ccccc5cc5ccccc45)ns3)ccc21. The van der Waals surface area contributed by atoms with Gasteiger partial charge in [0.2, 0.25) is 0 Å². The molecule has 4 heteroatoms. The van der Waals surface area contributed by atoms with Gasteiger partial charge in [-0.25, -0.2) is 4.98 Å². The molecule has 0 saturated heterocycles. The lowest BCUT2D eigenvalue weighted by Gasteiger charge is -2.42. The molecule has 0 N–H and O–H groups in total. The molecule has 3 nitrogen and oxygen atoms in total. The van der Waals surface area contributed by atoms with Crippen molar-refractivity contribution in [3.8, 4) is 22.0 Å². The molecular formula is C41H29N3S. The highest BCUT2D eigenvalue weighted by atomic mass is 32.1. The van der Waals surface area contributed by atoms with Crippen molar-refractivity contribution in [1.29, 1.82) is 0 Å². The van der Waals surface area contributed by atoms with Gasteiger partial charge in [-0.2, -0.15) is 4.37 Å². The Kier molecular flexibility index (Phi) is 5.71. The zero-order chi connectivity index (χ0) is 30.1. The summed E-state index contributed by atoms with van der Waals surface area (Å²) in [5.41, 5.74) is 8.18. The van der Waals surface area contributed by atoms with Crippen molar-refractivity contribution >= 4 is 60.9 Å². The molecule has 1 aromatic heterocycles. The van der Waals surface area contributed by atoms with Gasteiger partial charge in [0.05, 0.1) is 17.1 Å². The first kappa shape index (κ1) is 26.1. The Bertz CT molecular complexity index is 2380. The Balaban J connectivity index is 1.25. The van der Waals surface area contributed by atoms with Gasteiger partial charge in [-0.3, -0.25) is 0 Å². The number of rotatable bonds is 3. The smallest absolute Gasteiger partial charge is 0.174 e. The van der Waals surface area contributed by atoms with Gasteiger partial charge in [-0.1, -0.05) is 129 Å². The Labute approximate surface area is 266 Å². The molecule has 0 radical (unpaired) electrons. The molecule has 45 heavy (non-hydrogen) atoms. The molecule has 214 valence electrons.